The average Bonchev–Trinajstić information content (AvgIpc) is 2.92. The summed E-state index contributed by atoms with van der Waals surface area (Å²) in [6.07, 6.45) is 5.25. The van der Waals surface area contributed by atoms with Crippen molar-refractivity contribution < 1.29 is 4.79 Å². The molecule has 1 N–H and O–H groups in total. The predicted octanol–water partition coefficient (Wildman–Crippen LogP) is 1.52. The van der Waals surface area contributed by atoms with E-state index in [-0.39, 0.29) is 17.3 Å². The van der Waals surface area contributed by atoms with Gasteiger partial charge in [-0.25, -0.2) is 0 Å². The molecule has 2 aromatic heterocycles. The Balaban J connectivity index is 2.53. The zero-order chi connectivity index (χ0) is 17.4. The highest BCUT2D eigenvalue weighted by atomic mass is 32.1. The predicted molar refractivity (Wildman–Crippen MR) is 94.0 cm³/mol. The maximum Gasteiger partial charge on any atom is 0.266 e. The number of Topliss-reactive ketones (excluding diaryl/α,β-unsaturated/α-hetero) is 1. The molecule has 0 saturated carbocycles. The van der Waals surface area contributed by atoms with Crippen LogP contribution < -0.4 is 14.8 Å². The van der Waals surface area contributed by atoms with Gasteiger partial charge in [0.1, 0.15) is 0 Å². The van der Waals surface area contributed by atoms with Gasteiger partial charge in [0.2, 0.25) is 0 Å². The molecular weight excluding hydrogens is 310 g/mol. The molecule has 0 atom stereocenters. The van der Waals surface area contributed by atoms with Crippen molar-refractivity contribution in [3.8, 4) is 0 Å². The molecule has 2 heterocycles. The summed E-state index contributed by atoms with van der Waals surface area (Å²) < 4.78 is 2.91. The molecule has 6 heteroatoms. The van der Waals surface area contributed by atoms with Crippen molar-refractivity contribution >= 4 is 29.3 Å². The molecule has 0 unspecified atom stereocenters. The highest BCUT2D eigenvalue weighted by Gasteiger charge is 2.18. The topological polar surface area (TPSA) is 67.8 Å². The van der Waals surface area contributed by atoms with Crippen molar-refractivity contribution in [3.05, 3.63) is 37.0 Å². The zero-order valence-corrected chi connectivity index (χ0v) is 15.2. The third-order valence-electron chi connectivity index (χ3n) is 3.40. The van der Waals surface area contributed by atoms with Crippen molar-refractivity contribution in [2.24, 2.45) is 12.5 Å². The fraction of sp³-hybridized carbons (Fsp3) is 0.471. The van der Waals surface area contributed by atoms with Gasteiger partial charge in [0.25, 0.3) is 5.56 Å². The molecule has 0 bridgehead atoms. The molecule has 0 fully saturated rings. The van der Waals surface area contributed by atoms with Crippen LogP contribution in [0.25, 0.3) is 12.2 Å². The van der Waals surface area contributed by atoms with E-state index in [0.717, 1.165) is 11.3 Å². The van der Waals surface area contributed by atoms with E-state index in [4.69, 9.17) is 0 Å². The first-order valence-electron chi connectivity index (χ1n) is 7.58. The maximum absolute atomic E-state index is 12.1. The van der Waals surface area contributed by atoms with Gasteiger partial charge in [-0.3, -0.25) is 14.3 Å². The lowest BCUT2D eigenvalue weighted by atomic mass is 9.91. The van der Waals surface area contributed by atoms with Crippen LogP contribution in [-0.2, 0) is 11.8 Å². The van der Waals surface area contributed by atoms with Crippen molar-refractivity contribution in [3.63, 3.8) is 0 Å². The van der Waals surface area contributed by atoms with Crippen LogP contribution in [0, 0.1) is 5.41 Å². The fourth-order valence-electron chi connectivity index (χ4n) is 2.09. The first-order valence-corrected chi connectivity index (χ1v) is 8.40. The average molecular weight is 333 g/mol. The van der Waals surface area contributed by atoms with Crippen LogP contribution in [0.5, 0.6) is 0 Å². The van der Waals surface area contributed by atoms with Crippen LogP contribution in [0.15, 0.2) is 11.0 Å². The van der Waals surface area contributed by atoms with Gasteiger partial charge in [0.15, 0.2) is 5.78 Å². The maximum atomic E-state index is 12.1. The minimum absolute atomic E-state index is 0.00852. The number of H-pyrrole nitrogens is 1. The monoisotopic (exact) mass is 333 g/mol. The van der Waals surface area contributed by atoms with Crippen LogP contribution >= 0.6 is 11.3 Å². The molecule has 23 heavy (non-hydrogen) atoms. The minimum Gasteiger partial charge on any atom is -0.313 e. The molecule has 0 aromatic carbocycles. The molecule has 5 nitrogen and oxygen atoms in total. The van der Waals surface area contributed by atoms with E-state index in [1.165, 1.54) is 17.4 Å². The van der Waals surface area contributed by atoms with E-state index < -0.39 is 5.41 Å². The van der Waals surface area contributed by atoms with E-state index in [2.05, 4.69) is 23.9 Å². The summed E-state index contributed by atoms with van der Waals surface area (Å²) >= 11 is 1.29. The van der Waals surface area contributed by atoms with Crippen LogP contribution in [0.1, 0.15) is 51.8 Å². The van der Waals surface area contributed by atoms with Gasteiger partial charge >= 0.3 is 0 Å². The lowest BCUT2D eigenvalue weighted by Gasteiger charge is -2.12. The van der Waals surface area contributed by atoms with Gasteiger partial charge in [-0.15, -0.1) is 11.3 Å². The summed E-state index contributed by atoms with van der Waals surface area (Å²) in [6.45, 7) is 9.71. The summed E-state index contributed by atoms with van der Waals surface area (Å²) in [5.41, 5.74) is 1.25. The molecule has 0 aliphatic carbocycles. The largest absolute Gasteiger partial charge is 0.313 e. The number of hydrogen-bond acceptors (Lipinski definition) is 4. The van der Waals surface area contributed by atoms with E-state index >= 15 is 0 Å². The Morgan fingerprint density at radius 1 is 1.39 bits per heavy atom. The number of ketones is 1. The van der Waals surface area contributed by atoms with Gasteiger partial charge in [0.05, 0.1) is 14.9 Å². The number of thiazole rings is 1. The van der Waals surface area contributed by atoms with E-state index in [1.54, 1.807) is 4.68 Å². The first-order chi connectivity index (χ1) is 10.6. The first kappa shape index (κ1) is 17.4. The third-order valence-corrected chi connectivity index (χ3v) is 4.37. The number of aromatic nitrogens is 3. The van der Waals surface area contributed by atoms with Crippen molar-refractivity contribution in [2.75, 3.05) is 0 Å². The Morgan fingerprint density at radius 3 is 2.61 bits per heavy atom. The Morgan fingerprint density at radius 2 is 2.04 bits per heavy atom. The number of carbonyl (C=O) groups excluding carboxylic acids is 1. The van der Waals surface area contributed by atoms with Gasteiger partial charge in [-0.2, -0.15) is 5.10 Å². The smallest absolute Gasteiger partial charge is 0.266 e. The van der Waals surface area contributed by atoms with E-state index in [9.17, 15) is 9.59 Å². The lowest BCUT2D eigenvalue weighted by molar-refractivity contribution is -0.119. The molecule has 124 valence electrons. The highest BCUT2D eigenvalue weighted by Crippen LogP contribution is 2.17. The standard InChI is InChI=1S/C17H23N3O2S/c1-10(2)15-11(9-20(6)19-15)7-12-16(22)18-14(23-12)8-13(21)17(3,4)5/h7-10H,1-6H3,(H,18,22)/b12-7-,14-8-. The number of nitrogens with one attached hydrogen (secondary N) is 1. The van der Waals surface area contributed by atoms with Crippen LogP contribution in [0.3, 0.4) is 0 Å². The second-order valence-electron chi connectivity index (χ2n) is 6.99. The Labute approximate surface area is 139 Å². The number of carbonyl (C=O) groups is 1. The molecule has 0 aliphatic heterocycles. The van der Waals surface area contributed by atoms with Gasteiger partial charge in [0, 0.05) is 30.3 Å². The minimum atomic E-state index is -0.459. The summed E-state index contributed by atoms with van der Waals surface area (Å²) in [5.74, 6) is 0.265. The molecular formula is C17H23N3O2S. The molecule has 0 amide bonds. The van der Waals surface area contributed by atoms with Crippen molar-refractivity contribution in [1.82, 2.24) is 14.8 Å². The Bertz CT molecular complexity index is 892. The van der Waals surface area contributed by atoms with Gasteiger partial charge < -0.3 is 4.98 Å². The van der Waals surface area contributed by atoms with Crippen molar-refractivity contribution in [2.45, 2.75) is 40.5 Å². The van der Waals surface area contributed by atoms with E-state index in [0.29, 0.717) is 9.20 Å². The molecule has 2 aromatic rings. The number of aromatic amines is 1. The van der Waals surface area contributed by atoms with Crippen LogP contribution in [-0.4, -0.2) is 20.5 Å². The summed E-state index contributed by atoms with van der Waals surface area (Å²) in [7, 11) is 1.86. The number of hydrogen-bond donors (Lipinski definition) is 1. The summed E-state index contributed by atoms with van der Waals surface area (Å²) in [4.78, 5) is 26.9. The second kappa shape index (κ2) is 6.28. The molecule has 2 rings (SSSR count). The van der Waals surface area contributed by atoms with Crippen LogP contribution in [0.2, 0.25) is 0 Å². The van der Waals surface area contributed by atoms with E-state index in [1.807, 2.05) is 40.1 Å². The Kier molecular flexibility index (Phi) is 4.75. The molecule has 0 spiro atoms. The number of rotatable bonds is 3. The zero-order valence-electron chi connectivity index (χ0n) is 14.4. The Hall–Kier alpha value is -1.95. The summed E-state index contributed by atoms with van der Waals surface area (Å²) in [5, 5.41) is 4.44. The number of nitrogens with zero attached hydrogens (tertiary/aromatic N) is 2. The molecule has 0 radical (unpaired) electrons. The quantitative estimate of drug-likeness (QED) is 0.926. The SMILES string of the molecule is CC(C)c1nn(C)cc1/C=c1\s/c(=C\C(=O)C(C)(C)C)[nH]c1=O. The van der Waals surface area contributed by atoms with Crippen molar-refractivity contribution in [1.29, 1.82) is 0 Å². The molecule has 0 saturated heterocycles. The van der Waals surface area contributed by atoms with Gasteiger partial charge in [-0.05, 0) is 12.0 Å². The third kappa shape index (κ3) is 4.07. The van der Waals surface area contributed by atoms with Crippen LogP contribution in [0.4, 0.5) is 0 Å². The molecule has 0 aliphatic rings. The number of aryl methyl sites for hydroxylation is 1. The lowest BCUT2D eigenvalue weighted by Crippen LogP contribution is -2.22. The highest BCUT2D eigenvalue weighted by molar-refractivity contribution is 7.07. The van der Waals surface area contributed by atoms with Gasteiger partial charge in [-0.1, -0.05) is 34.6 Å². The summed E-state index contributed by atoms with van der Waals surface area (Å²) in [6, 6.07) is 0. The fourth-order valence-corrected chi connectivity index (χ4v) is 2.96. The second-order valence-corrected chi connectivity index (χ2v) is 8.07. The normalized spacial score (nSPS) is 14.0.